The third-order valence-corrected chi connectivity index (χ3v) is 2.10. The van der Waals surface area contributed by atoms with Crippen molar-refractivity contribution in [2.45, 2.75) is 33.5 Å². The van der Waals surface area contributed by atoms with E-state index in [4.69, 9.17) is 9.47 Å². The van der Waals surface area contributed by atoms with Crippen LogP contribution in [-0.2, 0) is 14.3 Å². The normalized spacial score (nSPS) is 28.9. The Bertz CT molecular complexity index is 241. The lowest BCUT2D eigenvalue weighted by Crippen LogP contribution is -2.25. The molecule has 0 amide bonds. The highest BCUT2D eigenvalue weighted by Gasteiger charge is 2.39. The van der Waals surface area contributed by atoms with Crippen LogP contribution in [0.4, 0.5) is 0 Å². The molecule has 0 saturated carbocycles. The Morgan fingerprint density at radius 3 is 2.69 bits per heavy atom. The van der Waals surface area contributed by atoms with Crippen LogP contribution in [0.1, 0.15) is 27.2 Å². The molecular formula is C10H16O3. The van der Waals surface area contributed by atoms with E-state index in [1.54, 1.807) is 7.11 Å². The highest BCUT2D eigenvalue weighted by molar-refractivity contribution is 5.87. The molecule has 3 heteroatoms. The average Bonchev–Trinajstić information content (AvgIpc) is 2.23. The average molecular weight is 184 g/mol. The summed E-state index contributed by atoms with van der Waals surface area (Å²) in [5.41, 5.74) is -0.0456. The van der Waals surface area contributed by atoms with E-state index >= 15 is 0 Å². The molecule has 0 spiro atoms. The Morgan fingerprint density at radius 2 is 2.31 bits per heavy atom. The zero-order valence-electron chi connectivity index (χ0n) is 8.59. The van der Waals surface area contributed by atoms with Crippen LogP contribution >= 0.6 is 0 Å². The van der Waals surface area contributed by atoms with Gasteiger partial charge in [0.1, 0.15) is 5.76 Å². The SMILES string of the molecule is COC1O/C(=C/C(C)=O)CC1(C)C. The van der Waals surface area contributed by atoms with Crippen molar-refractivity contribution < 1.29 is 14.3 Å². The van der Waals surface area contributed by atoms with Gasteiger partial charge in [-0.1, -0.05) is 13.8 Å². The Balaban J connectivity index is 2.75. The summed E-state index contributed by atoms with van der Waals surface area (Å²) in [6.45, 7) is 5.63. The quantitative estimate of drug-likeness (QED) is 0.615. The van der Waals surface area contributed by atoms with Crippen molar-refractivity contribution in [2.24, 2.45) is 5.41 Å². The summed E-state index contributed by atoms with van der Waals surface area (Å²) >= 11 is 0. The summed E-state index contributed by atoms with van der Waals surface area (Å²) in [4.78, 5) is 10.8. The van der Waals surface area contributed by atoms with Crippen molar-refractivity contribution in [3.05, 3.63) is 11.8 Å². The van der Waals surface area contributed by atoms with Crippen molar-refractivity contribution in [1.82, 2.24) is 0 Å². The van der Waals surface area contributed by atoms with Crippen molar-refractivity contribution in [3.63, 3.8) is 0 Å². The van der Waals surface area contributed by atoms with E-state index in [9.17, 15) is 4.79 Å². The molecule has 1 aliphatic rings. The Kier molecular flexibility index (Phi) is 2.76. The molecule has 1 aliphatic heterocycles. The van der Waals surface area contributed by atoms with E-state index in [0.29, 0.717) is 0 Å². The second-order valence-corrected chi connectivity index (χ2v) is 4.07. The summed E-state index contributed by atoms with van der Waals surface area (Å²) in [7, 11) is 1.61. The zero-order valence-corrected chi connectivity index (χ0v) is 8.59. The molecule has 1 atom stereocenters. The van der Waals surface area contributed by atoms with Crippen LogP contribution < -0.4 is 0 Å². The molecule has 0 aliphatic carbocycles. The molecule has 3 nitrogen and oxygen atoms in total. The van der Waals surface area contributed by atoms with E-state index in [0.717, 1.165) is 12.2 Å². The van der Waals surface area contributed by atoms with Crippen LogP contribution in [0.25, 0.3) is 0 Å². The fourth-order valence-electron chi connectivity index (χ4n) is 1.55. The van der Waals surface area contributed by atoms with Crippen LogP contribution in [0.3, 0.4) is 0 Å². The van der Waals surface area contributed by atoms with Crippen LogP contribution in [0.5, 0.6) is 0 Å². The standard InChI is InChI=1S/C10H16O3/c1-7(11)5-8-6-10(2,3)9(12-4)13-8/h5,9H,6H2,1-4H3/b8-5+. The Morgan fingerprint density at radius 1 is 1.69 bits per heavy atom. The van der Waals surface area contributed by atoms with Gasteiger partial charge in [-0.25, -0.2) is 0 Å². The molecule has 0 aromatic carbocycles. The molecule has 1 unspecified atom stereocenters. The Labute approximate surface area is 78.7 Å². The minimum atomic E-state index is -0.238. The number of rotatable bonds is 2. The lowest BCUT2D eigenvalue weighted by atomic mass is 9.90. The maximum absolute atomic E-state index is 10.8. The van der Waals surface area contributed by atoms with Gasteiger partial charge in [0.2, 0.25) is 6.29 Å². The van der Waals surface area contributed by atoms with Crippen LogP contribution in [-0.4, -0.2) is 19.2 Å². The van der Waals surface area contributed by atoms with Gasteiger partial charge < -0.3 is 9.47 Å². The van der Waals surface area contributed by atoms with E-state index < -0.39 is 0 Å². The van der Waals surface area contributed by atoms with Crippen molar-refractivity contribution in [3.8, 4) is 0 Å². The molecule has 0 N–H and O–H groups in total. The first-order chi connectivity index (χ1) is 5.95. The monoisotopic (exact) mass is 184 g/mol. The van der Waals surface area contributed by atoms with Crippen LogP contribution in [0, 0.1) is 5.41 Å². The Hall–Kier alpha value is -0.830. The van der Waals surface area contributed by atoms with Crippen LogP contribution in [0.2, 0.25) is 0 Å². The minimum Gasteiger partial charge on any atom is -0.469 e. The van der Waals surface area contributed by atoms with Gasteiger partial charge in [0.05, 0.1) is 0 Å². The van der Waals surface area contributed by atoms with Gasteiger partial charge in [-0.05, 0) is 6.92 Å². The minimum absolute atomic E-state index is 0.0163. The van der Waals surface area contributed by atoms with Gasteiger partial charge in [0.15, 0.2) is 5.78 Å². The summed E-state index contributed by atoms with van der Waals surface area (Å²) < 4.78 is 10.6. The fourth-order valence-corrected chi connectivity index (χ4v) is 1.55. The second kappa shape index (κ2) is 3.50. The van der Waals surface area contributed by atoms with E-state index in [2.05, 4.69) is 13.8 Å². The summed E-state index contributed by atoms with van der Waals surface area (Å²) in [5, 5.41) is 0. The van der Waals surface area contributed by atoms with Crippen molar-refractivity contribution in [1.29, 1.82) is 0 Å². The highest BCUT2D eigenvalue weighted by atomic mass is 16.7. The van der Waals surface area contributed by atoms with Crippen LogP contribution in [0.15, 0.2) is 11.8 Å². The first kappa shape index (κ1) is 10.3. The van der Waals surface area contributed by atoms with Gasteiger partial charge in [-0.3, -0.25) is 4.79 Å². The van der Waals surface area contributed by atoms with E-state index in [-0.39, 0.29) is 17.5 Å². The number of carbonyl (C=O) groups is 1. The van der Waals surface area contributed by atoms with Gasteiger partial charge in [0, 0.05) is 25.0 Å². The lowest BCUT2D eigenvalue weighted by molar-refractivity contribution is -0.120. The number of ketones is 1. The molecule has 1 fully saturated rings. The second-order valence-electron chi connectivity index (χ2n) is 4.07. The first-order valence-electron chi connectivity index (χ1n) is 4.36. The molecule has 1 saturated heterocycles. The number of methoxy groups -OCH3 is 1. The van der Waals surface area contributed by atoms with Gasteiger partial charge in [-0.2, -0.15) is 0 Å². The number of carbonyl (C=O) groups excluding carboxylic acids is 1. The number of ether oxygens (including phenoxy) is 2. The molecule has 0 aromatic rings. The third-order valence-electron chi connectivity index (χ3n) is 2.10. The maximum atomic E-state index is 10.8. The van der Waals surface area contributed by atoms with Crippen molar-refractivity contribution in [2.75, 3.05) is 7.11 Å². The number of allylic oxidation sites excluding steroid dienone is 2. The topological polar surface area (TPSA) is 35.5 Å². The zero-order chi connectivity index (χ0) is 10.1. The first-order valence-corrected chi connectivity index (χ1v) is 4.36. The predicted molar refractivity (Wildman–Crippen MR) is 49.0 cm³/mol. The molecule has 13 heavy (non-hydrogen) atoms. The van der Waals surface area contributed by atoms with Crippen molar-refractivity contribution >= 4 is 5.78 Å². The molecular weight excluding hydrogens is 168 g/mol. The smallest absolute Gasteiger partial charge is 0.204 e. The molecule has 1 heterocycles. The van der Waals surface area contributed by atoms with E-state index in [1.165, 1.54) is 13.0 Å². The summed E-state index contributed by atoms with van der Waals surface area (Å²) in [6, 6.07) is 0. The highest BCUT2D eigenvalue weighted by Crippen LogP contribution is 2.40. The molecule has 0 radical (unpaired) electrons. The van der Waals surface area contributed by atoms with Gasteiger partial charge >= 0.3 is 0 Å². The molecule has 74 valence electrons. The lowest BCUT2D eigenvalue weighted by Gasteiger charge is -2.21. The number of hydrogen-bond donors (Lipinski definition) is 0. The fraction of sp³-hybridized carbons (Fsp3) is 0.700. The number of hydrogen-bond acceptors (Lipinski definition) is 3. The maximum Gasteiger partial charge on any atom is 0.204 e. The summed E-state index contributed by atoms with van der Waals surface area (Å²) in [6.07, 6.45) is 2.05. The predicted octanol–water partition coefficient (Wildman–Crippen LogP) is 1.88. The van der Waals surface area contributed by atoms with E-state index in [1.807, 2.05) is 0 Å². The largest absolute Gasteiger partial charge is 0.469 e. The summed E-state index contributed by atoms with van der Waals surface area (Å²) in [5.74, 6) is 0.743. The van der Waals surface area contributed by atoms with Gasteiger partial charge in [-0.15, -0.1) is 0 Å². The molecule has 0 bridgehead atoms. The molecule has 0 aromatic heterocycles. The molecule has 1 rings (SSSR count). The van der Waals surface area contributed by atoms with Gasteiger partial charge in [0.25, 0.3) is 0 Å². The third kappa shape index (κ3) is 2.31.